The van der Waals surface area contributed by atoms with Crippen molar-refractivity contribution in [1.82, 2.24) is 29.9 Å². The normalized spacial score (nSPS) is 10.5. The molecule has 2 heterocycles. The standard InChI is InChI=1S/C27H18ClN3.C21H14ClN3.C6H6BClO2.H2/c28-24-13-7-12-23(18-24)27-30-25(21-10-5-2-6-11-21)29-26(31-27)22-16-14-20(15-17-22)19-8-3-1-4-9-19;22-21-24-19(17-9-5-2-6-10-17)23-20(25-21)18-13-11-16(12-14-18)15-7-3-1-4-8-15;8-6-3-1-2-5(4-6)7(9)10;/h1-18H;1-14H;1-4,9-10H;1H/i;;;1+1. The Labute approximate surface area is 399 Å². The highest BCUT2D eigenvalue weighted by Crippen LogP contribution is 2.29. The highest BCUT2D eigenvalue weighted by Gasteiger charge is 2.14. The van der Waals surface area contributed by atoms with Gasteiger partial charge in [0, 0.05) is 39.3 Å². The molecule has 2 aromatic heterocycles. The molecule has 0 aliphatic carbocycles. The molecule has 0 radical (unpaired) electrons. The van der Waals surface area contributed by atoms with Crippen LogP contribution in [0.25, 0.3) is 79.2 Å². The molecule has 0 aliphatic rings. The second-order valence-corrected chi connectivity index (χ2v) is 15.8. The molecule has 66 heavy (non-hydrogen) atoms. The Morgan fingerprint density at radius 3 is 0.939 bits per heavy atom. The molecule has 0 unspecified atom stereocenters. The molecule has 0 spiro atoms. The Morgan fingerprint density at radius 2 is 0.576 bits per heavy atom. The van der Waals surface area contributed by atoms with Crippen LogP contribution in [0.4, 0.5) is 0 Å². The molecule has 0 bridgehead atoms. The van der Waals surface area contributed by atoms with Crippen LogP contribution in [0.15, 0.2) is 218 Å². The van der Waals surface area contributed by atoms with Gasteiger partial charge in [-0.15, -0.1) is 0 Å². The maximum atomic E-state index is 8.65. The summed E-state index contributed by atoms with van der Waals surface area (Å²) in [6.45, 7) is 0. The number of halogens is 3. The Bertz CT molecular complexity index is 3140. The van der Waals surface area contributed by atoms with E-state index in [4.69, 9.17) is 59.8 Å². The summed E-state index contributed by atoms with van der Waals surface area (Å²) in [5, 5.41) is 18.6. The molecular formula is C54H40BCl3N6O2. The smallest absolute Gasteiger partial charge is 0.423 e. The first-order valence-electron chi connectivity index (χ1n) is 20.7. The SMILES string of the molecule is Clc1cccc(-c2nc(-c3ccccc3)nc(-c3ccc(-c4ccccc4)cc3)n2)c1.Clc1nc(-c2ccccc2)nc(-c2ccc(-c3ccccc3)cc2)n1.OB(O)c1cccc(Cl)c1.[2HH]. The van der Waals surface area contributed by atoms with Crippen molar-refractivity contribution in [1.29, 1.82) is 0 Å². The van der Waals surface area contributed by atoms with E-state index in [9.17, 15) is 0 Å². The maximum Gasteiger partial charge on any atom is 0.488 e. The van der Waals surface area contributed by atoms with Crippen LogP contribution in [0.1, 0.15) is 1.43 Å². The van der Waals surface area contributed by atoms with E-state index in [1.807, 2.05) is 146 Å². The third-order valence-corrected chi connectivity index (χ3v) is 10.7. The Kier molecular flexibility index (Phi) is 15.1. The van der Waals surface area contributed by atoms with Crippen LogP contribution in [0, 0.1) is 0 Å². The number of benzene rings is 8. The van der Waals surface area contributed by atoms with Crippen molar-refractivity contribution < 1.29 is 11.5 Å². The molecule has 10 aromatic rings. The molecule has 0 saturated carbocycles. The quantitative estimate of drug-likeness (QED) is 0.145. The first-order valence-corrected chi connectivity index (χ1v) is 21.9. The number of aromatic nitrogens is 6. The second-order valence-electron chi connectivity index (χ2n) is 14.6. The number of hydrogen-bond donors (Lipinski definition) is 2. The Hall–Kier alpha value is -7.37. The van der Waals surface area contributed by atoms with Crippen molar-refractivity contribution in [3.63, 3.8) is 0 Å². The lowest BCUT2D eigenvalue weighted by Gasteiger charge is -2.09. The number of hydrogen-bond acceptors (Lipinski definition) is 8. The van der Waals surface area contributed by atoms with Crippen LogP contribution in [0.3, 0.4) is 0 Å². The molecule has 8 aromatic carbocycles. The summed E-state index contributed by atoms with van der Waals surface area (Å²) < 4.78 is 0. The van der Waals surface area contributed by atoms with Crippen LogP contribution in [0.2, 0.25) is 15.3 Å². The Morgan fingerprint density at radius 1 is 0.288 bits per heavy atom. The van der Waals surface area contributed by atoms with Gasteiger partial charge in [0.2, 0.25) is 5.28 Å². The molecule has 0 aliphatic heterocycles. The van der Waals surface area contributed by atoms with E-state index in [0.29, 0.717) is 44.6 Å². The van der Waals surface area contributed by atoms with E-state index in [0.717, 1.165) is 38.9 Å². The van der Waals surface area contributed by atoms with E-state index in [1.54, 1.807) is 18.2 Å². The molecule has 0 fully saturated rings. The fourth-order valence-electron chi connectivity index (χ4n) is 6.73. The fourth-order valence-corrected chi connectivity index (χ4v) is 7.27. The molecule has 2 N–H and O–H groups in total. The van der Waals surface area contributed by atoms with Gasteiger partial charge in [0.05, 0.1) is 0 Å². The van der Waals surface area contributed by atoms with Gasteiger partial charge in [-0.1, -0.05) is 217 Å². The van der Waals surface area contributed by atoms with E-state index in [-0.39, 0.29) is 6.71 Å². The average Bonchev–Trinajstić information content (AvgIpc) is 3.37. The summed E-state index contributed by atoms with van der Waals surface area (Å²) in [5.41, 5.74) is 9.60. The van der Waals surface area contributed by atoms with Gasteiger partial charge in [-0.05, 0) is 63.6 Å². The molecule has 10 rings (SSSR count). The van der Waals surface area contributed by atoms with Crippen molar-refractivity contribution in [2.45, 2.75) is 0 Å². The van der Waals surface area contributed by atoms with E-state index in [1.165, 1.54) is 17.2 Å². The van der Waals surface area contributed by atoms with Gasteiger partial charge in [-0.3, -0.25) is 0 Å². The molecule has 12 heteroatoms. The summed E-state index contributed by atoms with van der Waals surface area (Å²) in [6.07, 6.45) is 0. The zero-order valence-corrected chi connectivity index (χ0v) is 37.3. The second kappa shape index (κ2) is 22.0. The molecule has 322 valence electrons. The molecule has 0 atom stereocenters. The molecule has 8 nitrogen and oxygen atoms in total. The maximum absolute atomic E-state index is 8.65. The van der Waals surface area contributed by atoms with Crippen molar-refractivity contribution in [3.8, 4) is 79.2 Å². The minimum Gasteiger partial charge on any atom is -0.423 e. The van der Waals surface area contributed by atoms with Gasteiger partial charge >= 0.3 is 7.12 Å². The van der Waals surface area contributed by atoms with Crippen molar-refractivity contribution >= 4 is 47.4 Å². The predicted octanol–water partition coefficient (Wildman–Crippen LogP) is 13.0. The largest absolute Gasteiger partial charge is 0.488 e. The zero-order valence-electron chi connectivity index (χ0n) is 35.1. The van der Waals surface area contributed by atoms with E-state index < -0.39 is 7.12 Å². The van der Waals surface area contributed by atoms with E-state index in [2.05, 4.69) is 63.5 Å². The summed E-state index contributed by atoms with van der Waals surface area (Å²) in [4.78, 5) is 27.3. The molecule has 0 saturated heterocycles. The highest BCUT2D eigenvalue weighted by molar-refractivity contribution is 6.59. The van der Waals surface area contributed by atoms with Crippen LogP contribution >= 0.6 is 34.8 Å². The lowest BCUT2D eigenvalue weighted by atomic mass is 9.81. The van der Waals surface area contributed by atoms with Gasteiger partial charge < -0.3 is 10.0 Å². The van der Waals surface area contributed by atoms with Crippen LogP contribution in [-0.2, 0) is 0 Å². The van der Waals surface area contributed by atoms with Gasteiger partial charge in [0.25, 0.3) is 0 Å². The van der Waals surface area contributed by atoms with Crippen molar-refractivity contribution in [3.05, 3.63) is 234 Å². The Balaban J connectivity index is 0.000000166. The number of nitrogens with zero attached hydrogens (tertiary/aromatic N) is 6. The van der Waals surface area contributed by atoms with Crippen LogP contribution in [-0.4, -0.2) is 47.1 Å². The first kappa shape index (κ1) is 45.2. The average molecular weight is 923 g/mol. The van der Waals surface area contributed by atoms with Crippen LogP contribution < -0.4 is 5.46 Å². The third-order valence-electron chi connectivity index (χ3n) is 10.0. The van der Waals surface area contributed by atoms with Gasteiger partial charge in [-0.2, -0.15) is 9.97 Å². The molecule has 0 amide bonds. The van der Waals surface area contributed by atoms with Crippen LogP contribution in [0.5, 0.6) is 0 Å². The lowest BCUT2D eigenvalue weighted by molar-refractivity contribution is 0.426. The monoisotopic (exact) mass is 921 g/mol. The highest BCUT2D eigenvalue weighted by atomic mass is 35.5. The summed E-state index contributed by atoms with van der Waals surface area (Å²) in [7, 11) is -1.43. The fraction of sp³-hybridized carbons (Fsp3) is 0. The van der Waals surface area contributed by atoms with Crippen molar-refractivity contribution in [2.75, 3.05) is 0 Å². The van der Waals surface area contributed by atoms with Gasteiger partial charge in [-0.25, -0.2) is 19.9 Å². The minimum absolute atomic E-state index is 0. The van der Waals surface area contributed by atoms with Gasteiger partial charge in [0.15, 0.2) is 29.1 Å². The first-order chi connectivity index (χ1) is 32.3. The molecular weight excluding hydrogens is 882 g/mol. The zero-order chi connectivity index (χ0) is 45.7. The van der Waals surface area contributed by atoms with Gasteiger partial charge in [0.1, 0.15) is 0 Å². The lowest BCUT2D eigenvalue weighted by Crippen LogP contribution is -2.29. The van der Waals surface area contributed by atoms with E-state index >= 15 is 0 Å². The summed E-state index contributed by atoms with van der Waals surface area (Å²) in [5.74, 6) is 3.00. The summed E-state index contributed by atoms with van der Waals surface area (Å²) >= 11 is 17.9. The van der Waals surface area contributed by atoms with Crippen molar-refractivity contribution in [2.24, 2.45) is 0 Å². The predicted molar refractivity (Wildman–Crippen MR) is 271 cm³/mol. The summed E-state index contributed by atoms with van der Waals surface area (Å²) in [6, 6.07) is 70.6. The number of rotatable bonds is 8. The third kappa shape index (κ3) is 12.0. The minimum atomic E-state index is -1.43. The topological polar surface area (TPSA) is 118 Å².